The summed E-state index contributed by atoms with van der Waals surface area (Å²) in [6.07, 6.45) is 1.60. The molecule has 6 heteroatoms. The highest BCUT2D eigenvalue weighted by molar-refractivity contribution is 5.20. The van der Waals surface area contributed by atoms with Gasteiger partial charge in [-0.1, -0.05) is 0 Å². The second-order valence-corrected chi connectivity index (χ2v) is 3.40. The summed E-state index contributed by atoms with van der Waals surface area (Å²) in [7, 11) is 0. The predicted octanol–water partition coefficient (Wildman–Crippen LogP) is 0.315. The van der Waals surface area contributed by atoms with E-state index < -0.39 is 0 Å². The highest BCUT2D eigenvalue weighted by Gasteiger charge is 2.03. The lowest BCUT2D eigenvalue weighted by atomic mass is 10.2. The van der Waals surface area contributed by atoms with Crippen LogP contribution >= 0.6 is 0 Å². The number of nitrogens with two attached hydrogens (primary N) is 1. The van der Waals surface area contributed by atoms with E-state index in [2.05, 4.69) is 20.3 Å². The molecule has 0 spiro atoms. The lowest BCUT2D eigenvalue weighted by Gasteiger charge is -2.04. The van der Waals surface area contributed by atoms with Crippen LogP contribution in [-0.2, 0) is 6.54 Å². The number of aryl methyl sites for hydroxylation is 2. The van der Waals surface area contributed by atoms with Crippen LogP contribution in [0, 0.1) is 13.8 Å². The number of nitrogens with zero attached hydrogens (tertiary/aromatic N) is 5. The Morgan fingerprint density at radius 1 is 1.33 bits per heavy atom. The zero-order valence-electron chi connectivity index (χ0n) is 8.68. The summed E-state index contributed by atoms with van der Waals surface area (Å²) in [6.45, 7) is 4.44. The van der Waals surface area contributed by atoms with Gasteiger partial charge in [-0.05, 0) is 25.5 Å². The summed E-state index contributed by atoms with van der Waals surface area (Å²) in [5, 5.41) is 12.0. The zero-order valence-corrected chi connectivity index (χ0v) is 8.68. The van der Waals surface area contributed by atoms with Gasteiger partial charge in [0.2, 0.25) is 5.95 Å². The monoisotopic (exact) mass is 204 g/mol. The minimum Gasteiger partial charge on any atom is -0.367 e. The molecule has 2 aromatic heterocycles. The van der Waals surface area contributed by atoms with Crippen molar-refractivity contribution in [1.82, 2.24) is 25.0 Å². The largest absolute Gasteiger partial charge is 0.367 e. The molecule has 0 saturated carbocycles. The second-order valence-electron chi connectivity index (χ2n) is 3.40. The first-order valence-electron chi connectivity index (χ1n) is 4.60. The summed E-state index contributed by atoms with van der Waals surface area (Å²) in [6, 6.07) is 1.99. The minimum absolute atomic E-state index is 0.284. The molecule has 2 rings (SSSR count). The lowest BCUT2D eigenvalue weighted by molar-refractivity contribution is 0.676. The lowest BCUT2D eigenvalue weighted by Crippen LogP contribution is -2.05. The van der Waals surface area contributed by atoms with Crippen molar-refractivity contribution in [3.63, 3.8) is 0 Å². The van der Waals surface area contributed by atoms with E-state index in [1.807, 2.05) is 19.9 Å². The predicted molar refractivity (Wildman–Crippen MR) is 55.0 cm³/mol. The minimum atomic E-state index is 0.284. The van der Waals surface area contributed by atoms with E-state index >= 15 is 0 Å². The highest BCUT2D eigenvalue weighted by Crippen LogP contribution is 2.07. The Balaban J connectivity index is 2.27. The molecule has 0 atom stereocenters. The Bertz CT molecular complexity index is 475. The maximum Gasteiger partial charge on any atom is 0.239 e. The van der Waals surface area contributed by atoms with Crippen molar-refractivity contribution < 1.29 is 0 Å². The number of hydrogen-bond acceptors (Lipinski definition) is 5. The van der Waals surface area contributed by atoms with E-state index in [9.17, 15) is 0 Å². The van der Waals surface area contributed by atoms with Gasteiger partial charge in [-0.25, -0.2) is 9.67 Å². The molecule has 0 bridgehead atoms. The van der Waals surface area contributed by atoms with Gasteiger partial charge in [0.1, 0.15) is 6.33 Å². The second kappa shape index (κ2) is 3.64. The molecule has 2 N–H and O–H groups in total. The molecular formula is C9H12N6. The van der Waals surface area contributed by atoms with Gasteiger partial charge in [0.25, 0.3) is 0 Å². The van der Waals surface area contributed by atoms with E-state index in [1.54, 1.807) is 11.0 Å². The number of rotatable bonds is 2. The van der Waals surface area contributed by atoms with Gasteiger partial charge in [-0.2, -0.15) is 10.2 Å². The van der Waals surface area contributed by atoms with Gasteiger partial charge in [-0.3, -0.25) is 0 Å². The first-order chi connectivity index (χ1) is 7.15. The van der Waals surface area contributed by atoms with Crippen LogP contribution in [0.2, 0.25) is 0 Å². The molecule has 78 valence electrons. The van der Waals surface area contributed by atoms with Crippen LogP contribution in [0.15, 0.2) is 12.4 Å². The highest BCUT2D eigenvalue weighted by atomic mass is 15.4. The van der Waals surface area contributed by atoms with Gasteiger partial charge in [-0.15, -0.1) is 5.10 Å². The van der Waals surface area contributed by atoms with E-state index in [-0.39, 0.29) is 5.95 Å². The van der Waals surface area contributed by atoms with Crippen molar-refractivity contribution in [3.8, 4) is 0 Å². The normalized spacial score (nSPS) is 10.5. The van der Waals surface area contributed by atoms with Gasteiger partial charge >= 0.3 is 0 Å². The third kappa shape index (κ3) is 2.09. The summed E-state index contributed by atoms with van der Waals surface area (Å²) < 4.78 is 1.68. The summed E-state index contributed by atoms with van der Waals surface area (Å²) in [5.74, 6) is 0.284. The quantitative estimate of drug-likeness (QED) is 0.761. The Kier molecular flexibility index (Phi) is 2.32. The fourth-order valence-electron chi connectivity index (χ4n) is 1.32. The van der Waals surface area contributed by atoms with Crippen molar-refractivity contribution in [2.75, 3.05) is 5.73 Å². The Morgan fingerprint density at radius 2 is 2.13 bits per heavy atom. The summed E-state index contributed by atoms with van der Waals surface area (Å²) >= 11 is 0. The van der Waals surface area contributed by atoms with Crippen LogP contribution in [-0.4, -0.2) is 25.0 Å². The molecule has 0 amide bonds. The van der Waals surface area contributed by atoms with Crippen molar-refractivity contribution in [3.05, 3.63) is 29.3 Å². The zero-order chi connectivity index (χ0) is 10.8. The van der Waals surface area contributed by atoms with Gasteiger partial charge in [0.15, 0.2) is 0 Å². The number of hydrogen-bond donors (Lipinski definition) is 1. The first-order valence-corrected chi connectivity index (χ1v) is 4.60. The molecule has 0 fully saturated rings. The van der Waals surface area contributed by atoms with Crippen LogP contribution in [0.1, 0.15) is 17.0 Å². The Hall–Kier alpha value is -1.98. The molecule has 0 unspecified atom stereocenters. The molecule has 0 saturated heterocycles. The first kappa shape index (κ1) is 9.57. The SMILES string of the molecule is Cc1cc(Cn2cnc(N)n2)c(C)nn1. The van der Waals surface area contributed by atoms with E-state index in [1.165, 1.54) is 0 Å². The Morgan fingerprint density at radius 3 is 2.80 bits per heavy atom. The number of nitrogen functional groups attached to an aromatic ring is 1. The molecule has 2 heterocycles. The molecule has 2 aromatic rings. The van der Waals surface area contributed by atoms with E-state index in [4.69, 9.17) is 5.73 Å². The van der Waals surface area contributed by atoms with Crippen LogP contribution in [0.5, 0.6) is 0 Å². The topological polar surface area (TPSA) is 82.5 Å². The van der Waals surface area contributed by atoms with Crippen molar-refractivity contribution in [2.45, 2.75) is 20.4 Å². The maximum atomic E-state index is 5.43. The fraction of sp³-hybridized carbons (Fsp3) is 0.333. The van der Waals surface area contributed by atoms with Crippen LogP contribution in [0.4, 0.5) is 5.95 Å². The van der Waals surface area contributed by atoms with Crippen molar-refractivity contribution in [2.24, 2.45) is 0 Å². The van der Waals surface area contributed by atoms with E-state index in [0.29, 0.717) is 6.54 Å². The average Bonchev–Trinajstić information content (AvgIpc) is 2.58. The van der Waals surface area contributed by atoms with Crippen LogP contribution in [0.3, 0.4) is 0 Å². The van der Waals surface area contributed by atoms with Crippen LogP contribution in [0.25, 0.3) is 0 Å². The number of aromatic nitrogens is 5. The molecular weight excluding hydrogens is 192 g/mol. The standard InChI is InChI=1S/C9H12N6/c1-6-3-8(7(2)13-12-6)4-15-5-11-9(10)14-15/h3,5H,4H2,1-2H3,(H2,10,14). The third-order valence-electron chi connectivity index (χ3n) is 2.09. The molecule has 0 aliphatic rings. The molecule has 15 heavy (non-hydrogen) atoms. The smallest absolute Gasteiger partial charge is 0.239 e. The molecule has 0 radical (unpaired) electrons. The van der Waals surface area contributed by atoms with Gasteiger partial charge in [0.05, 0.1) is 17.9 Å². The molecule has 0 aliphatic heterocycles. The number of anilines is 1. The molecule has 0 aromatic carbocycles. The van der Waals surface area contributed by atoms with Crippen molar-refractivity contribution in [1.29, 1.82) is 0 Å². The van der Waals surface area contributed by atoms with Crippen LogP contribution < -0.4 is 5.73 Å². The third-order valence-corrected chi connectivity index (χ3v) is 2.09. The summed E-state index contributed by atoms with van der Waals surface area (Å²) in [5.41, 5.74) is 8.30. The van der Waals surface area contributed by atoms with E-state index in [0.717, 1.165) is 17.0 Å². The Labute approximate surface area is 87.2 Å². The molecule has 0 aliphatic carbocycles. The molecule has 6 nitrogen and oxygen atoms in total. The maximum absolute atomic E-state index is 5.43. The van der Waals surface area contributed by atoms with Gasteiger partial charge in [0, 0.05) is 0 Å². The summed E-state index contributed by atoms with van der Waals surface area (Å²) in [4.78, 5) is 3.86. The van der Waals surface area contributed by atoms with Crippen molar-refractivity contribution >= 4 is 5.95 Å². The average molecular weight is 204 g/mol. The fourth-order valence-corrected chi connectivity index (χ4v) is 1.32. The van der Waals surface area contributed by atoms with Gasteiger partial charge < -0.3 is 5.73 Å².